The lowest BCUT2D eigenvalue weighted by molar-refractivity contribution is -0.153. The average molecular weight is 296 g/mol. The van der Waals surface area contributed by atoms with Crippen molar-refractivity contribution in [2.75, 3.05) is 32.7 Å². The molecule has 1 amide bonds. The molecule has 0 aromatic heterocycles. The average Bonchev–Trinajstić information content (AvgIpc) is 2.88. The number of nitrogens with zero attached hydrogens (tertiary/aromatic N) is 2. The molecule has 1 saturated carbocycles. The zero-order chi connectivity index (χ0) is 15.5. The maximum absolute atomic E-state index is 12.4. The van der Waals surface area contributed by atoms with Gasteiger partial charge in [-0.3, -0.25) is 14.5 Å². The number of carbonyl (C=O) groups excluding carboxylic acids is 1. The predicted octanol–water partition coefficient (Wildman–Crippen LogP) is 1.82. The van der Waals surface area contributed by atoms with E-state index in [0.717, 1.165) is 45.6 Å². The van der Waals surface area contributed by atoms with Crippen LogP contribution in [0.3, 0.4) is 0 Å². The summed E-state index contributed by atoms with van der Waals surface area (Å²) in [5, 5.41) is 9.47. The van der Waals surface area contributed by atoms with Gasteiger partial charge >= 0.3 is 5.97 Å². The maximum atomic E-state index is 12.4. The first-order valence-corrected chi connectivity index (χ1v) is 8.16. The first kappa shape index (κ1) is 16.3. The standard InChI is InChI=1S/C16H28N2O3/c1-13(2)12-17-7-9-18(10-8-17)14(19)11-16(15(20)21)5-3-4-6-16/h13H,3-12H2,1-2H3,(H,20,21). The van der Waals surface area contributed by atoms with E-state index in [0.29, 0.717) is 18.8 Å². The van der Waals surface area contributed by atoms with Crippen molar-refractivity contribution in [1.82, 2.24) is 9.80 Å². The summed E-state index contributed by atoms with van der Waals surface area (Å²) >= 11 is 0. The molecular formula is C16H28N2O3. The molecule has 120 valence electrons. The minimum atomic E-state index is -0.786. The van der Waals surface area contributed by atoms with Gasteiger partial charge in [0.25, 0.3) is 0 Å². The van der Waals surface area contributed by atoms with E-state index in [9.17, 15) is 14.7 Å². The largest absolute Gasteiger partial charge is 0.481 e. The molecule has 0 aromatic rings. The van der Waals surface area contributed by atoms with Crippen LogP contribution in [0, 0.1) is 11.3 Å². The van der Waals surface area contributed by atoms with Gasteiger partial charge in [0, 0.05) is 39.1 Å². The Kier molecular flexibility index (Phi) is 5.25. The number of carboxylic acids is 1. The molecular weight excluding hydrogens is 268 g/mol. The fourth-order valence-corrected chi connectivity index (χ4v) is 3.62. The molecule has 2 rings (SSSR count). The van der Waals surface area contributed by atoms with Crippen LogP contribution in [0.2, 0.25) is 0 Å². The number of carboxylic acid groups (broad SMARTS) is 1. The number of rotatable bonds is 5. The Labute approximate surface area is 127 Å². The molecule has 1 saturated heterocycles. The predicted molar refractivity (Wildman–Crippen MR) is 81.0 cm³/mol. The zero-order valence-electron chi connectivity index (χ0n) is 13.3. The van der Waals surface area contributed by atoms with Gasteiger partial charge in [0.15, 0.2) is 0 Å². The molecule has 0 bridgehead atoms. The van der Waals surface area contributed by atoms with Gasteiger partial charge in [-0.25, -0.2) is 0 Å². The lowest BCUT2D eigenvalue weighted by Gasteiger charge is -2.37. The van der Waals surface area contributed by atoms with Crippen LogP contribution >= 0.6 is 0 Å². The molecule has 1 N–H and O–H groups in total. The second-order valence-electron chi connectivity index (χ2n) is 7.04. The molecule has 2 aliphatic rings. The Morgan fingerprint density at radius 3 is 2.14 bits per heavy atom. The van der Waals surface area contributed by atoms with Crippen LogP contribution in [0.15, 0.2) is 0 Å². The van der Waals surface area contributed by atoms with Gasteiger partial charge in [0.2, 0.25) is 5.91 Å². The van der Waals surface area contributed by atoms with E-state index in [2.05, 4.69) is 18.7 Å². The molecule has 2 fully saturated rings. The number of piperazine rings is 1. The van der Waals surface area contributed by atoms with Crippen LogP contribution < -0.4 is 0 Å². The highest BCUT2D eigenvalue weighted by atomic mass is 16.4. The van der Waals surface area contributed by atoms with Crippen molar-refractivity contribution in [2.24, 2.45) is 11.3 Å². The molecule has 0 unspecified atom stereocenters. The summed E-state index contributed by atoms with van der Waals surface area (Å²) in [7, 11) is 0. The Hall–Kier alpha value is -1.10. The summed E-state index contributed by atoms with van der Waals surface area (Å²) in [4.78, 5) is 28.2. The summed E-state index contributed by atoms with van der Waals surface area (Å²) in [5.74, 6) is -0.115. The summed E-state index contributed by atoms with van der Waals surface area (Å²) in [5.41, 5.74) is -0.786. The Morgan fingerprint density at radius 1 is 1.10 bits per heavy atom. The number of hydrogen-bond acceptors (Lipinski definition) is 3. The van der Waals surface area contributed by atoms with Crippen molar-refractivity contribution in [3.63, 3.8) is 0 Å². The van der Waals surface area contributed by atoms with E-state index in [1.165, 1.54) is 0 Å². The van der Waals surface area contributed by atoms with Gasteiger partial charge in [-0.1, -0.05) is 26.7 Å². The first-order chi connectivity index (χ1) is 9.93. The van der Waals surface area contributed by atoms with Crippen molar-refractivity contribution in [2.45, 2.75) is 46.0 Å². The summed E-state index contributed by atoms with van der Waals surface area (Å²) in [6.07, 6.45) is 3.36. The molecule has 0 radical (unpaired) electrons. The number of hydrogen-bond donors (Lipinski definition) is 1. The highest BCUT2D eigenvalue weighted by Gasteiger charge is 2.43. The third kappa shape index (κ3) is 3.96. The number of carbonyl (C=O) groups is 2. The molecule has 0 aromatic carbocycles. The van der Waals surface area contributed by atoms with Gasteiger partial charge < -0.3 is 10.0 Å². The van der Waals surface area contributed by atoms with E-state index < -0.39 is 11.4 Å². The van der Waals surface area contributed by atoms with Gasteiger partial charge in [-0.05, 0) is 18.8 Å². The van der Waals surface area contributed by atoms with E-state index in [1.54, 1.807) is 0 Å². The van der Waals surface area contributed by atoms with Gasteiger partial charge in [0.05, 0.1) is 5.41 Å². The van der Waals surface area contributed by atoms with E-state index in [4.69, 9.17) is 0 Å². The summed E-state index contributed by atoms with van der Waals surface area (Å²) in [6, 6.07) is 0. The molecule has 1 aliphatic carbocycles. The normalized spacial score (nSPS) is 22.7. The van der Waals surface area contributed by atoms with Gasteiger partial charge in [-0.2, -0.15) is 0 Å². The van der Waals surface area contributed by atoms with Crippen LogP contribution in [0.5, 0.6) is 0 Å². The Balaban J connectivity index is 1.86. The molecule has 1 heterocycles. The highest BCUT2D eigenvalue weighted by molar-refractivity contribution is 5.85. The Morgan fingerprint density at radius 2 is 1.67 bits per heavy atom. The smallest absolute Gasteiger partial charge is 0.310 e. The first-order valence-electron chi connectivity index (χ1n) is 8.16. The van der Waals surface area contributed by atoms with E-state index in [1.807, 2.05) is 4.90 Å². The quantitative estimate of drug-likeness (QED) is 0.840. The van der Waals surface area contributed by atoms with Crippen molar-refractivity contribution in [3.05, 3.63) is 0 Å². The van der Waals surface area contributed by atoms with Crippen molar-refractivity contribution >= 4 is 11.9 Å². The SMILES string of the molecule is CC(C)CN1CCN(C(=O)CC2(C(=O)O)CCCC2)CC1. The summed E-state index contributed by atoms with van der Waals surface area (Å²) < 4.78 is 0. The van der Waals surface area contributed by atoms with Gasteiger partial charge in [0.1, 0.15) is 0 Å². The minimum absolute atomic E-state index is 0.0310. The monoisotopic (exact) mass is 296 g/mol. The number of aliphatic carboxylic acids is 1. The van der Waals surface area contributed by atoms with Crippen molar-refractivity contribution in [1.29, 1.82) is 0 Å². The molecule has 0 spiro atoms. The Bertz CT molecular complexity index is 381. The van der Waals surface area contributed by atoms with Crippen molar-refractivity contribution in [3.8, 4) is 0 Å². The van der Waals surface area contributed by atoms with Crippen LogP contribution in [0.1, 0.15) is 46.0 Å². The molecule has 5 heteroatoms. The molecule has 21 heavy (non-hydrogen) atoms. The van der Waals surface area contributed by atoms with Crippen LogP contribution in [-0.2, 0) is 9.59 Å². The fourth-order valence-electron chi connectivity index (χ4n) is 3.62. The fraction of sp³-hybridized carbons (Fsp3) is 0.875. The maximum Gasteiger partial charge on any atom is 0.310 e. The molecule has 1 aliphatic heterocycles. The highest BCUT2D eigenvalue weighted by Crippen LogP contribution is 2.41. The van der Waals surface area contributed by atoms with E-state index in [-0.39, 0.29) is 12.3 Å². The minimum Gasteiger partial charge on any atom is -0.481 e. The van der Waals surface area contributed by atoms with E-state index >= 15 is 0 Å². The third-order valence-electron chi connectivity index (χ3n) is 4.85. The zero-order valence-corrected chi connectivity index (χ0v) is 13.3. The lowest BCUT2D eigenvalue weighted by atomic mass is 9.82. The topological polar surface area (TPSA) is 60.9 Å². The molecule has 0 atom stereocenters. The molecule has 5 nitrogen and oxygen atoms in total. The number of amides is 1. The van der Waals surface area contributed by atoms with Crippen LogP contribution in [-0.4, -0.2) is 59.5 Å². The second-order valence-corrected chi connectivity index (χ2v) is 7.04. The second kappa shape index (κ2) is 6.77. The van der Waals surface area contributed by atoms with Crippen LogP contribution in [0.4, 0.5) is 0 Å². The van der Waals surface area contributed by atoms with Gasteiger partial charge in [-0.15, -0.1) is 0 Å². The van der Waals surface area contributed by atoms with Crippen molar-refractivity contribution < 1.29 is 14.7 Å². The van der Waals surface area contributed by atoms with Crippen LogP contribution in [0.25, 0.3) is 0 Å². The third-order valence-corrected chi connectivity index (χ3v) is 4.85. The lowest BCUT2D eigenvalue weighted by Crippen LogP contribution is -2.50. The summed E-state index contributed by atoms with van der Waals surface area (Å²) in [6.45, 7) is 8.76.